The molecule has 4 nitrogen and oxygen atoms in total. The average Bonchev–Trinajstić information content (AvgIpc) is 2.47. The van der Waals surface area contributed by atoms with E-state index in [0.717, 1.165) is 6.07 Å². The zero-order valence-electron chi connectivity index (χ0n) is 13.2. The SMILES string of the molecule is CCC(c1cc(NC(C)=O)cc(C(F)(F)F)c1)N1CCOCC1. The zero-order valence-corrected chi connectivity index (χ0v) is 13.2. The van der Waals surface area contributed by atoms with Crippen LogP contribution in [0.1, 0.15) is 37.4 Å². The minimum atomic E-state index is -4.45. The average molecular weight is 330 g/mol. The molecule has 1 fully saturated rings. The van der Waals surface area contributed by atoms with E-state index in [2.05, 4.69) is 10.2 Å². The quantitative estimate of drug-likeness (QED) is 0.919. The predicted octanol–water partition coefficient (Wildman–Crippen LogP) is 3.45. The fourth-order valence-corrected chi connectivity index (χ4v) is 2.88. The Hall–Kier alpha value is -1.60. The number of nitrogens with one attached hydrogen (secondary N) is 1. The third-order valence-electron chi connectivity index (χ3n) is 3.86. The maximum atomic E-state index is 13.1. The summed E-state index contributed by atoms with van der Waals surface area (Å²) in [4.78, 5) is 13.3. The van der Waals surface area contributed by atoms with E-state index in [1.165, 1.54) is 13.0 Å². The van der Waals surface area contributed by atoms with Crippen molar-refractivity contribution in [3.8, 4) is 0 Å². The maximum Gasteiger partial charge on any atom is 0.416 e. The van der Waals surface area contributed by atoms with E-state index < -0.39 is 17.6 Å². The second-order valence-corrected chi connectivity index (χ2v) is 5.60. The first kappa shape index (κ1) is 17.7. The van der Waals surface area contributed by atoms with Crippen LogP contribution in [0.2, 0.25) is 0 Å². The maximum absolute atomic E-state index is 13.1. The van der Waals surface area contributed by atoms with Gasteiger partial charge >= 0.3 is 6.18 Å². The molecule has 128 valence electrons. The van der Waals surface area contributed by atoms with E-state index in [9.17, 15) is 18.0 Å². The molecule has 1 unspecified atom stereocenters. The van der Waals surface area contributed by atoms with Crippen molar-refractivity contribution in [1.82, 2.24) is 4.90 Å². The van der Waals surface area contributed by atoms with Crippen LogP contribution in [0.4, 0.5) is 18.9 Å². The van der Waals surface area contributed by atoms with Gasteiger partial charge in [0, 0.05) is 31.7 Å². The molecule has 0 radical (unpaired) electrons. The summed E-state index contributed by atoms with van der Waals surface area (Å²) in [7, 11) is 0. The minimum Gasteiger partial charge on any atom is -0.379 e. The molecule has 1 N–H and O–H groups in total. The number of hydrogen-bond donors (Lipinski definition) is 1. The molecule has 1 aromatic rings. The number of carbonyl (C=O) groups excluding carboxylic acids is 1. The standard InChI is InChI=1S/C16H21F3N2O2/c1-3-15(21-4-6-23-7-5-21)12-8-13(16(17,18)19)10-14(9-12)20-11(2)22/h8-10,15H,3-7H2,1-2H3,(H,20,22). The first-order valence-electron chi connectivity index (χ1n) is 7.63. The van der Waals surface area contributed by atoms with Crippen molar-refractivity contribution >= 4 is 11.6 Å². The number of rotatable bonds is 4. The molecule has 1 atom stereocenters. The van der Waals surface area contributed by atoms with Crippen LogP contribution in [0.5, 0.6) is 0 Å². The number of anilines is 1. The number of amides is 1. The highest BCUT2D eigenvalue weighted by molar-refractivity contribution is 5.88. The van der Waals surface area contributed by atoms with Gasteiger partial charge in [-0.1, -0.05) is 6.92 Å². The third kappa shape index (κ3) is 4.68. The Morgan fingerprint density at radius 3 is 2.48 bits per heavy atom. The van der Waals surface area contributed by atoms with Crippen LogP contribution in [0.25, 0.3) is 0 Å². The van der Waals surface area contributed by atoms with Gasteiger partial charge in [-0.15, -0.1) is 0 Å². The summed E-state index contributed by atoms with van der Waals surface area (Å²) in [6.07, 6.45) is -3.77. The molecular formula is C16H21F3N2O2. The van der Waals surface area contributed by atoms with Crippen molar-refractivity contribution < 1.29 is 22.7 Å². The van der Waals surface area contributed by atoms with E-state index in [4.69, 9.17) is 4.74 Å². The monoisotopic (exact) mass is 330 g/mol. The van der Waals surface area contributed by atoms with Gasteiger partial charge in [0.2, 0.25) is 5.91 Å². The van der Waals surface area contributed by atoms with Gasteiger partial charge in [-0.2, -0.15) is 13.2 Å². The number of ether oxygens (including phenoxy) is 1. The lowest BCUT2D eigenvalue weighted by Crippen LogP contribution is -2.39. The van der Waals surface area contributed by atoms with Crippen LogP contribution in [-0.2, 0) is 15.7 Å². The number of halogens is 3. The van der Waals surface area contributed by atoms with Gasteiger partial charge in [0.1, 0.15) is 0 Å². The molecule has 1 aliphatic rings. The number of nitrogens with zero attached hydrogens (tertiary/aromatic N) is 1. The lowest BCUT2D eigenvalue weighted by atomic mass is 9.98. The lowest BCUT2D eigenvalue weighted by Gasteiger charge is -2.34. The zero-order chi connectivity index (χ0) is 17.0. The van der Waals surface area contributed by atoms with Gasteiger partial charge in [-0.3, -0.25) is 9.69 Å². The molecule has 1 amide bonds. The van der Waals surface area contributed by atoms with Crippen molar-refractivity contribution in [3.63, 3.8) is 0 Å². The largest absolute Gasteiger partial charge is 0.416 e. The van der Waals surface area contributed by atoms with E-state index in [1.807, 2.05) is 6.92 Å². The van der Waals surface area contributed by atoms with Gasteiger partial charge in [0.25, 0.3) is 0 Å². The number of morpholine rings is 1. The van der Waals surface area contributed by atoms with Crippen molar-refractivity contribution in [3.05, 3.63) is 29.3 Å². The summed E-state index contributed by atoms with van der Waals surface area (Å²) in [5.74, 6) is -0.394. The van der Waals surface area contributed by atoms with Crippen LogP contribution in [0.15, 0.2) is 18.2 Å². The molecule has 1 saturated heterocycles. The number of alkyl halides is 3. The summed E-state index contributed by atoms with van der Waals surface area (Å²) in [6, 6.07) is 3.64. The van der Waals surface area contributed by atoms with E-state index in [-0.39, 0.29) is 11.7 Å². The third-order valence-corrected chi connectivity index (χ3v) is 3.86. The molecule has 23 heavy (non-hydrogen) atoms. The molecule has 0 aliphatic carbocycles. The van der Waals surface area contributed by atoms with Crippen molar-refractivity contribution in [2.75, 3.05) is 31.6 Å². The Labute approximate surface area is 133 Å². The molecule has 1 heterocycles. The second-order valence-electron chi connectivity index (χ2n) is 5.60. The second kappa shape index (κ2) is 7.31. The topological polar surface area (TPSA) is 41.6 Å². The van der Waals surface area contributed by atoms with Crippen LogP contribution < -0.4 is 5.32 Å². The highest BCUT2D eigenvalue weighted by atomic mass is 19.4. The first-order chi connectivity index (χ1) is 10.8. The minimum absolute atomic E-state index is 0.131. The fraction of sp³-hybridized carbons (Fsp3) is 0.562. The smallest absolute Gasteiger partial charge is 0.379 e. The Balaban J connectivity index is 2.39. The Morgan fingerprint density at radius 2 is 1.96 bits per heavy atom. The molecule has 0 saturated carbocycles. The molecule has 0 bridgehead atoms. The number of carbonyl (C=O) groups is 1. The highest BCUT2D eigenvalue weighted by Crippen LogP contribution is 2.35. The number of benzene rings is 1. The van der Waals surface area contributed by atoms with Crippen LogP contribution >= 0.6 is 0 Å². The van der Waals surface area contributed by atoms with Gasteiger partial charge < -0.3 is 10.1 Å². The lowest BCUT2D eigenvalue weighted by molar-refractivity contribution is -0.137. The van der Waals surface area contributed by atoms with Gasteiger partial charge in [0.15, 0.2) is 0 Å². The highest BCUT2D eigenvalue weighted by Gasteiger charge is 2.32. The van der Waals surface area contributed by atoms with Crippen LogP contribution in [0, 0.1) is 0 Å². The van der Waals surface area contributed by atoms with Crippen molar-refractivity contribution in [1.29, 1.82) is 0 Å². The summed E-state index contributed by atoms with van der Waals surface area (Å²) < 4.78 is 44.8. The summed E-state index contributed by atoms with van der Waals surface area (Å²) in [6.45, 7) is 5.74. The molecule has 7 heteroatoms. The molecule has 2 rings (SSSR count). The molecule has 0 spiro atoms. The molecule has 1 aliphatic heterocycles. The number of hydrogen-bond acceptors (Lipinski definition) is 3. The van der Waals surface area contributed by atoms with Gasteiger partial charge in [-0.25, -0.2) is 0 Å². The Bertz CT molecular complexity index is 555. The summed E-state index contributed by atoms with van der Waals surface area (Å²) >= 11 is 0. The molecule has 0 aromatic heterocycles. The molecule has 1 aromatic carbocycles. The fourth-order valence-electron chi connectivity index (χ4n) is 2.88. The van der Waals surface area contributed by atoms with Crippen molar-refractivity contribution in [2.24, 2.45) is 0 Å². The van der Waals surface area contributed by atoms with E-state index in [0.29, 0.717) is 38.3 Å². The molecular weight excluding hydrogens is 309 g/mol. The first-order valence-corrected chi connectivity index (χ1v) is 7.63. The Morgan fingerprint density at radius 1 is 1.30 bits per heavy atom. The van der Waals surface area contributed by atoms with Crippen molar-refractivity contribution in [2.45, 2.75) is 32.5 Å². The van der Waals surface area contributed by atoms with Crippen LogP contribution in [0.3, 0.4) is 0 Å². The predicted molar refractivity (Wildman–Crippen MR) is 81.2 cm³/mol. The van der Waals surface area contributed by atoms with Gasteiger partial charge in [0.05, 0.1) is 18.8 Å². The van der Waals surface area contributed by atoms with E-state index >= 15 is 0 Å². The van der Waals surface area contributed by atoms with Crippen LogP contribution in [-0.4, -0.2) is 37.1 Å². The van der Waals surface area contributed by atoms with Gasteiger partial charge in [-0.05, 0) is 30.2 Å². The van der Waals surface area contributed by atoms with E-state index in [1.54, 1.807) is 6.07 Å². The summed E-state index contributed by atoms with van der Waals surface area (Å²) in [5, 5.41) is 2.46. The Kier molecular flexibility index (Phi) is 5.64. The normalized spacial score (nSPS) is 17.8. The summed E-state index contributed by atoms with van der Waals surface area (Å²) in [5.41, 5.74) is -0.00697.